The molecule has 6 heteroatoms. The molecule has 0 atom stereocenters. The highest BCUT2D eigenvalue weighted by atomic mass is 19.2. The molecule has 3 aromatic rings. The Bertz CT molecular complexity index is 796. The Labute approximate surface area is 112 Å². The second kappa shape index (κ2) is 4.64. The van der Waals surface area contributed by atoms with Crippen LogP contribution in [0.2, 0.25) is 0 Å². The maximum absolute atomic E-state index is 13.9. The first-order valence-corrected chi connectivity index (χ1v) is 5.90. The van der Waals surface area contributed by atoms with E-state index in [1.165, 1.54) is 0 Å². The number of halogens is 3. The normalized spacial score (nSPS) is 11.2. The molecule has 0 aliphatic carbocycles. The quantitative estimate of drug-likeness (QED) is 0.732. The Morgan fingerprint density at radius 2 is 1.75 bits per heavy atom. The average molecular weight is 277 g/mol. The molecule has 0 saturated heterocycles. The number of nitrogens with zero attached hydrogens (tertiary/aromatic N) is 2. The van der Waals surface area contributed by atoms with Gasteiger partial charge in [0, 0.05) is 42.3 Å². The molecule has 0 radical (unpaired) electrons. The minimum atomic E-state index is -1.22. The van der Waals surface area contributed by atoms with Crippen LogP contribution in [0.1, 0.15) is 5.56 Å². The maximum atomic E-state index is 13.9. The number of benzene rings is 1. The van der Waals surface area contributed by atoms with Gasteiger partial charge in [0.15, 0.2) is 11.6 Å². The number of aromatic nitrogens is 2. The molecule has 2 aromatic heterocycles. The minimum Gasteiger partial charge on any atom is -0.326 e. The number of imidazole rings is 1. The first-order valence-electron chi connectivity index (χ1n) is 5.90. The van der Waals surface area contributed by atoms with Crippen LogP contribution in [0.25, 0.3) is 16.8 Å². The van der Waals surface area contributed by atoms with Crippen molar-refractivity contribution in [3.63, 3.8) is 0 Å². The van der Waals surface area contributed by atoms with Crippen molar-refractivity contribution in [1.29, 1.82) is 0 Å². The van der Waals surface area contributed by atoms with Crippen LogP contribution in [0.5, 0.6) is 0 Å². The minimum absolute atomic E-state index is 0.0278. The van der Waals surface area contributed by atoms with E-state index in [1.54, 1.807) is 29.1 Å². The molecule has 3 rings (SSSR count). The van der Waals surface area contributed by atoms with Gasteiger partial charge in [-0.15, -0.1) is 0 Å². The molecule has 0 fully saturated rings. The molecule has 1 aromatic carbocycles. The highest BCUT2D eigenvalue weighted by molar-refractivity contribution is 5.69. The standard InChI is InChI=1S/C14H10F3N3/c15-11-5-13(17)12(16)4-9(11)10-7-20-2-1-19-14(20)3-8(10)6-18/h1-5,7H,6,18H2. The molecule has 0 spiro atoms. The summed E-state index contributed by atoms with van der Waals surface area (Å²) in [7, 11) is 0. The SMILES string of the molecule is NCc1cc2nccn2cc1-c1cc(F)c(F)cc1F. The van der Waals surface area contributed by atoms with Crippen LogP contribution < -0.4 is 5.73 Å². The number of hydrogen-bond acceptors (Lipinski definition) is 2. The van der Waals surface area contributed by atoms with Crippen LogP contribution in [0.4, 0.5) is 13.2 Å². The van der Waals surface area contributed by atoms with Crippen molar-refractivity contribution in [3.8, 4) is 11.1 Å². The summed E-state index contributed by atoms with van der Waals surface area (Å²) in [4.78, 5) is 4.10. The fourth-order valence-corrected chi connectivity index (χ4v) is 2.14. The van der Waals surface area contributed by atoms with Gasteiger partial charge in [0.1, 0.15) is 11.5 Å². The fraction of sp³-hybridized carbons (Fsp3) is 0.0714. The second-order valence-corrected chi connectivity index (χ2v) is 4.36. The number of hydrogen-bond donors (Lipinski definition) is 1. The molecule has 0 bridgehead atoms. The van der Waals surface area contributed by atoms with E-state index in [9.17, 15) is 13.2 Å². The molecule has 20 heavy (non-hydrogen) atoms. The molecular weight excluding hydrogens is 267 g/mol. The smallest absolute Gasteiger partial charge is 0.161 e. The molecule has 0 aliphatic heterocycles. The summed E-state index contributed by atoms with van der Waals surface area (Å²) in [5.74, 6) is -3.16. The lowest BCUT2D eigenvalue weighted by molar-refractivity contribution is 0.496. The summed E-state index contributed by atoms with van der Waals surface area (Å²) in [5.41, 5.74) is 7.28. The van der Waals surface area contributed by atoms with E-state index < -0.39 is 17.5 Å². The number of fused-ring (bicyclic) bond motifs is 1. The summed E-state index contributed by atoms with van der Waals surface area (Å²) in [5, 5.41) is 0. The Balaban J connectivity index is 2.30. The zero-order chi connectivity index (χ0) is 14.3. The van der Waals surface area contributed by atoms with Crippen molar-refractivity contribution < 1.29 is 13.2 Å². The highest BCUT2D eigenvalue weighted by Crippen LogP contribution is 2.28. The van der Waals surface area contributed by atoms with Gasteiger partial charge in [-0.25, -0.2) is 18.2 Å². The van der Waals surface area contributed by atoms with Gasteiger partial charge >= 0.3 is 0 Å². The van der Waals surface area contributed by atoms with Crippen LogP contribution in [-0.2, 0) is 6.54 Å². The number of pyridine rings is 1. The van der Waals surface area contributed by atoms with Crippen molar-refractivity contribution in [2.75, 3.05) is 0 Å². The van der Waals surface area contributed by atoms with E-state index in [0.29, 0.717) is 22.8 Å². The summed E-state index contributed by atoms with van der Waals surface area (Å²) in [6.45, 7) is 0.136. The van der Waals surface area contributed by atoms with E-state index in [2.05, 4.69) is 4.98 Å². The van der Waals surface area contributed by atoms with Crippen molar-refractivity contribution >= 4 is 5.65 Å². The second-order valence-electron chi connectivity index (χ2n) is 4.36. The van der Waals surface area contributed by atoms with Gasteiger partial charge in [0.05, 0.1) is 0 Å². The lowest BCUT2D eigenvalue weighted by Gasteiger charge is -2.10. The van der Waals surface area contributed by atoms with Crippen molar-refractivity contribution in [3.05, 3.63) is 59.8 Å². The van der Waals surface area contributed by atoms with Gasteiger partial charge in [0.25, 0.3) is 0 Å². The van der Waals surface area contributed by atoms with Crippen molar-refractivity contribution in [2.45, 2.75) is 6.54 Å². The molecule has 0 amide bonds. The molecule has 2 heterocycles. The van der Waals surface area contributed by atoms with Crippen LogP contribution in [-0.4, -0.2) is 9.38 Å². The highest BCUT2D eigenvalue weighted by Gasteiger charge is 2.15. The first-order chi connectivity index (χ1) is 9.60. The van der Waals surface area contributed by atoms with E-state index in [1.807, 2.05) is 0 Å². The third kappa shape index (κ3) is 1.94. The van der Waals surface area contributed by atoms with E-state index in [0.717, 1.165) is 6.07 Å². The molecular formula is C14H10F3N3. The monoisotopic (exact) mass is 277 g/mol. The Kier molecular flexibility index (Phi) is 2.94. The van der Waals surface area contributed by atoms with Gasteiger partial charge in [-0.3, -0.25) is 0 Å². The summed E-state index contributed by atoms with van der Waals surface area (Å²) >= 11 is 0. The average Bonchev–Trinajstić information content (AvgIpc) is 2.88. The van der Waals surface area contributed by atoms with Crippen LogP contribution in [0, 0.1) is 17.5 Å². The number of rotatable bonds is 2. The predicted molar refractivity (Wildman–Crippen MR) is 68.4 cm³/mol. The lowest BCUT2D eigenvalue weighted by atomic mass is 10.0. The number of nitrogens with two attached hydrogens (primary N) is 1. The van der Waals surface area contributed by atoms with Crippen LogP contribution in [0.3, 0.4) is 0 Å². The molecule has 2 N–H and O–H groups in total. The molecule has 3 nitrogen and oxygen atoms in total. The summed E-state index contributed by atoms with van der Waals surface area (Å²) in [6, 6.07) is 3.06. The molecule has 102 valence electrons. The summed E-state index contributed by atoms with van der Waals surface area (Å²) in [6.07, 6.45) is 4.86. The van der Waals surface area contributed by atoms with Crippen LogP contribution >= 0.6 is 0 Å². The van der Waals surface area contributed by atoms with Gasteiger partial charge in [-0.05, 0) is 17.7 Å². The fourth-order valence-electron chi connectivity index (χ4n) is 2.14. The first kappa shape index (κ1) is 12.7. The molecule has 0 saturated carbocycles. The van der Waals surface area contributed by atoms with Gasteiger partial charge in [0.2, 0.25) is 0 Å². The zero-order valence-corrected chi connectivity index (χ0v) is 10.3. The predicted octanol–water partition coefficient (Wildman–Crippen LogP) is 2.88. The third-order valence-electron chi connectivity index (χ3n) is 3.14. The Morgan fingerprint density at radius 3 is 2.50 bits per heavy atom. The molecule has 0 aliphatic rings. The van der Waals surface area contributed by atoms with Gasteiger partial charge < -0.3 is 10.1 Å². The van der Waals surface area contributed by atoms with E-state index in [4.69, 9.17) is 5.73 Å². The van der Waals surface area contributed by atoms with Crippen molar-refractivity contribution in [1.82, 2.24) is 9.38 Å². The van der Waals surface area contributed by atoms with Gasteiger partial charge in [-0.1, -0.05) is 0 Å². The van der Waals surface area contributed by atoms with Crippen molar-refractivity contribution in [2.24, 2.45) is 5.73 Å². The lowest BCUT2D eigenvalue weighted by Crippen LogP contribution is -2.03. The Hall–Kier alpha value is -2.34. The third-order valence-corrected chi connectivity index (χ3v) is 3.14. The summed E-state index contributed by atoms with van der Waals surface area (Å²) < 4.78 is 41.9. The largest absolute Gasteiger partial charge is 0.326 e. The van der Waals surface area contributed by atoms with E-state index in [-0.39, 0.29) is 12.1 Å². The maximum Gasteiger partial charge on any atom is 0.161 e. The topological polar surface area (TPSA) is 43.3 Å². The van der Waals surface area contributed by atoms with E-state index >= 15 is 0 Å². The molecule has 0 unspecified atom stereocenters. The van der Waals surface area contributed by atoms with Crippen LogP contribution in [0.15, 0.2) is 36.8 Å². The van der Waals surface area contributed by atoms with Gasteiger partial charge in [-0.2, -0.15) is 0 Å². The zero-order valence-electron chi connectivity index (χ0n) is 10.3. The Morgan fingerprint density at radius 1 is 1.00 bits per heavy atom.